The first-order chi connectivity index (χ1) is 21.8. The Morgan fingerprint density at radius 2 is 1.17 bits per heavy atom. The maximum Gasteiger partial charge on any atom is 0.408 e. The van der Waals surface area contributed by atoms with E-state index in [2.05, 4.69) is 85.4 Å². The molecular weight excluding hydrogens is 576 g/mol. The van der Waals surface area contributed by atoms with Gasteiger partial charge < -0.3 is 26.0 Å². The van der Waals surface area contributed by atoms with E-state index in [0.29, 0.717) is 24.9 Å². The molecule has 0 saturated carbocycles. The van der Waals surface area contributed by atoms with E-state index in [-0.39, 0.29) is 24.4 Å². The largest absolute Gasteiger partial charge is 0.444 e. The highest BCUT2D eigenvalue weighted by Crippen LogP contribution is 2.15. The molecule has 4 N–H and O–H groups in total. The van der Waals surface area contributed by atoms with Gasteiger partial charge in [-0.3, -0.25) is 9.59 Å². The van der Waals surface area contributed by atoms with Gasteiger partial charge in [0.25, 0.3) is 0 Å². The molecule has 1 heterocycles. The van der Waals surface area contributed by atoms with Gasteiger partial charge >= 0.3 is 6.09 Å². The van der Waals surface area contributed by atoms with E-state index < -0.39 is 11.7 Å². The normalized spacial score (nSPS) is 13.2. The van der Waals surface area contributed by atoms with E-state index in [1.165, 1.54) is 11.1 Å². The number of alkyl carbamates (subject to hydrolysis) is 1. The van der Waals surface area contributed by atoms with Crippen LogP contribution in [0.25, 0.3) is 0 Å². The summed E-state index contributed by atoms with van der Waals surface area (Å²) in [5.74, 6) is 0.914. The highest BCUT2D eigenvalue weighted by molar-refractivity contribution is 5.82. The maximum absolute atomic E-state index is 11.8. The average Bonchev–Trinajstić information content (AvgIpc) is 3.60. The van der Waals surface area contributed by atoms with Crippen molar-refractivity contribution in [3.8, 4) is 0 Å². The molecule has 1 saturated heterocycles. The van der Waals surface area contributed by atoms with Crippen LogP contribution >= 0.6 is 0 Å². The van der Waals surface area contributed by atoms with Crippen molar-refractivity contribution in [2.45, 2.75) is 139 Å². The predicted molar refractivity (Wildman–Crippen MR) is 194 cm³/mol. The standard InChI is InChI=1S/C17H26N2O3.C15H22N2O.3C2H6/c1-12(2)14-8-6-13(7-9-14)10-18-15(20)11-19-16(21)22-17(3,4)5;1-11(2)13-7-5-12(6-8-13)10-17-15(18)14-4-3-9-16-14;3*1-2/h6-9,12H,10-11H2,1-5H3,(H,18,20)(H,19,21);5-8,11,14,16H,3-4,9-10H2,1-2H3,(H,17,18);3*1-2H3. The number of hydrogen-bond donors (Lipinski definition) is 4. The van der Waals surface area contributed by atoms with Crippen molar-refractivity contribution in [1.29, 1.82) is 0 Å². The zero-order valence-electron chi connectivity index (χ0n) is 31.2. The van der Waals surface area contributed by atoms with Crippen molar-refractivity contribution >= 4 is 17.9 Å². The molecule has 8 nitrogen and oxygen atoms in total. The van der Waals surface area contributed by atoms with Crippen molar-refractivity contribution in [3.05, 3.63) is 70.8 Å². The molecule has 1 atom stereocenters. The van der Waals surface area contributed by atoms with Crippen LogP contribution in [0.3, 0.4) is 0 Å². The fourth-order valence-electron chi connectivity index (χ4n) is 3.99. The van der Waals surface area contributed by atoms with Crippen LogP contribution < -0.4 is 21.3 Å². The van der Waals surface area contributed by atoms with Gasteiger partial charge in [-0.15, -0.1) is 0 Å². The van der Waals surface area contributed by atoms with Gasteiger partial charge in [-0.25, -0.2) is 4.79 Å². The molecule has 1 aliphatic heterocycles. The van der Waals surface area contributed by atoms with Crippen molar-refractivity contribution in [2.24, 2.45) is 0 Å². The fourth-order valence-corrected chi connectivity index (χ4v) is 3.99. The summed E-state index contributed by atoms with van der Waals surface area (Å²) < 4.78 is 5.06. The molecule has 8 heteroatoms. The lowest BCUT2D eigenvalue weighted by Crippen LogP contribution is -2.39. The van der Waals surface area contributed by atoms with E-state index in [1.54, 1.807) is 20.8 Å². The van der Waals surface area contributed by atoms with Crippen LogP contribution in [0, 0.1) is 0 Å². The van der Waals surface area contributed by atoms with Crippen LogP contribution in [0.15, 0.2) is 48.5 Å². The summed E-state index contributed by atoms with van der Waals surface area (Å²) in [4.78, 5) is 34.9. The average molecular weight is 643 g/mol. The Morgan fingerprint density at radius 1 is 0.739 bits per heavy atom. The third-order valence-corrected chi connectivity index (χ3v) is 6.42. The van der Waals surface area contributed by atoms with E-state index in [9.17, 15) is 14.4 Å². The number of rotatable bonds is 9. The molecule has 1 aliphatic rings. The molecule has 1 fully saturated rings. The molecule has 0 spiro atoms. The Bertz CT molecular complexity index is 1070. The lowest BCUT2D eigenvalue weighted by molar-refractivity contribution is -0.123. The van der Waals surface area contributed by atoms with E-state index in [0.717, 1.165) is 30.5 Å². The topological polar surface area (TPSA) is 109 Å². The molecule has 3 rings (SSSR count). The molecule has 3 amide bonds. The second kappa shape index (κ2) is 25.8. The van der Waals surface area contributed by atoms with Gasteiger partial charge in [-0.1, -0.05) is 118 Å². The summed E-state index contributed by atoms with van der Waals surface area (Å²) in [6.07, 6.45) is 1.46. The smallest absolute Gasteiger partial charge is 0.408 e. The number of carbonyl (C=O) groups excluding carboxylic acids is 3. The second-order valence-corrected chi connectivity index (χ2v) is 11.8. The third-order valence-electron chi connectivity index (χ3n) is 6.42. The minimum Gasteiger partial charge on any atom is -0.444 e. The predicted octanol–water partition coefficient (Wildman–Crippen LogP) is 8.21. The van der Waals surface area contributed by atoms with Gasteiger partial charge in [0, 0.05) is 13.1 Å². The second-order valence-electron chi connectivity index (χ2n) is 11.8. The van der Waals surface area contributed by atoms with Crippen LogP contribution in [0.2, 0.25) is 0 Å². The molecule has 2 aromatic carbocycles. The van der Waals surface area contributed by atoms with E-state index >= 15 is 0 Å². The third kappa shape index (κ3) is 20.6. The monoisotopic (exact) mass is 643 g/mol. The minimum atomic E-state index is -0.594. The summed E-state index contributed by atoms with van der Waals surface area (Å²) in [6, 6.07) is 16.6. The van der Waals surface area contributed by atoms with Gasteiger partial charge in [0.2, 0.25) is 11.8 Å². The quantitative estimate of drug-likeness (QED) is 0.221. The zero-order valence-corrected chi connectivity index (χ0v) is 31.2. The fraction of sp³-hybridized carbons (Fsp3) is 0.605. The Kier molecular flexibility index (Phi) is 25.1. The Labute approximate surface area is 281 Å². The van der Waals surface area contributed by atoms with Crippen molar-refractivity contribution in [1.82, 2.24) is 21.3 Å². The first-order valence-electron chi connectivity index (χ1n) is 17.3. The highest BCUT2D eigenvalue weighted by atomic mass is 16.6. The number of amides is 3. The molecule has 0 radical (unpaired) electrons. The van der Waals surface area contributed by atoms with E-state index in [4.69, 9.17) is 4.74 Å². The van der Waals surface area contributed by atoms with Crippen LogP contribution in [0.5, 0.6) is 0 Å². The molecular formula is C38H66N4O4. The summed E-state index contributed by atoms with van der Waals surface area (Å²) in [5, 5.41) is 11.4. The summed E-state index contributed by atoms with van der Waals surface area (Å²) >= 11 is 0. The van der Waals surface area contributed by atoms with Gasteiger partial charge in [-0.05, 0) is 74.2 Å². The number of ether oxygens (including phenoxy) is 1. The Balaban J connectivity index is 0. The lowest BCUT2D eigenvalue weighted by atomic mass is 10.0. The molecule has 0 aromatic heterocycles. The Hall–Kier alpha value is -3.39. The van der Waals surface area contributed by atoms with Crippen LogP contribution in [-0.2, 0) is 27.4 Å². The SMILES string of the molecule is CC.CC.CC.CC(C)c1ccc(CNC(=O)C2CCCN2)cc1.CC(C)c1ccc(CNC(=O)CNC(=O)OC(C)(C)C)cc1. The van der Waals surface area contributed by atoms with Gasteiger partial charge in [0.1, 0.15) is 12.1 Å². The summed E-state index contributed by atoms with van der Waals surface area (Å²) in [7, 11) is 0. The number of benzene rings is 2. The molecule has 46 heavy (non-hydrogen) atoms. The number of nitrogens with one attached hydrogen (secondary N) is 4. The molecule has 2 aromatic rings. The maximum atomic E-state index is 11.8. The molecule has 262 valence electrons. The van der Waals surface area contributed by atoms with Crippen LogP contribution in [-0.4, -0.2) is 42.6 Å². The molecule has 0 aliphatic carbocycles. The van der Waals surface area contributed by atoms with Crippen molar-refractivity contribution in [3.63, 3.8) is 0 Å². The van der Waals surface area contributed by atoms with Crippen molar-refractivity contribution in [2.75, 3.05) is 13.1 Å². The van der Waals surface area contributed by atoms with Crippen LogP contribution in [0.1, 0.15) is 137 Å². The Morgan fingerprint density at radius 3 is 1.54 bits per heavy atom. The molecule has 1 unspecified atom stereocenters. The molecule has 0 bridgehead atoms. The number of carbonyl (C=O) groups is 3. The van der Waals surface area contributed by atoms with Gasteiger partial charge in [-0.2, -0.15) is 0 Å². The summed E-state index contributed by atoms with van der Waals surface area (Å²) in [5.41, 5.74) is 4.21. The van der Waals surface area contributed by atoms with Crippen molar-refractivity contribution < 1.29 is 19.1 Å². The van der Waals surface area contributed by atoms with E-state index in [1.807, 2.05) is 53.7 Å². The van der Waals surface area contributed by atoms with Gasteiger partial charge in [0.05, 0.1) is 6.04 Å². The minimum absolute atomic E-state index is 0.0138. The summed E-state index contributed by atoms with van der Waals surface area (Å²) in [6.45, 7) is 27.9. The first-order valence-corrected chi connectivity index (χ1v) is 17.3. The highest BCUT2D eigenvalue weighted by Gasteiger charge is 2.21. The van der Waals surface area contributed by atoms with Gasteiger partial charge in [0.15, 0.2) is 0 Å². The lowest BCUT2D eigenvalue weighted by Gasteiger charge is -2.19. The zero-order chi connectivity index (χ0) is 35.7. The van der Waals surface area contributed by atoms with Crippen LogP contribution in [0.4, 0.5) is 4.79 Å². The first kappa shape index (κ1) is 44.7. The number of hydrogen-bond acceptors (Lipinski definition) is 5.